The Balaban J connectivity index is 2.26. The lowest BCUT2D eigenvalue weighted by Gasteiger charge is -2.26. The van der Waals surface area contributed by atoms with Crippen LogP contribution in [0.2, 0.25) is 0 Å². The fourth-order valence-corrected chi connectivity index (χ4v) is 1.89. The Hall–Kier alpha value is -2.19. The van der Waals surface area contributed by atoms with Gasteiger partial charge in [-0.25, -0.2) is 0 Å². The fourth-order valence-electron chi connectivity index (χ4n) is 1.89. The normalized spacial score (nSPS) is 15.1. The van der Waals surface area contributed by atoms with Gasteiger partial charge in [0, 0.05) is 24.7 Å². The number of benzene rings is 1. The lowest BCUT2D eigenvalue weighted by molar-refractivity contribution is -0.384. The predicted molar refractivity (Wildman–Crippen MR) is 67.6 cm³/mol. The van der Waals surface area contributed by atoms with Gasteiger partial charge in [-0.3, -0.25) is 20.8 Å². The van der Waals surface area contributed by atoms with Crippen LogP contribution in [0.25, 0.3) is 0 Å². The zero-order chi connectivity index (χ0) is 13.8. The van der Waals surface area contributed by atoms with Crippen molar-refractivity contribution in [1.82, 2.24) is 4.90 Å². The summed E-state index contributed by atoms with van der Waals surface area (Å²) in [4.78, 5) is 24.1. The number of hydrazine groups is 1. The number of nitro benzene ring substituents is 1. The maximum atomic E-state index is 12.2. The van der Waals surface area contributed by atoms with Gasteiger partial charge in [-0.05, 0) is 12.1 Å². The number of ether oxygens (including phenoxy) is 1. The van der Waals surface area contributed by atoms with Crippen molar-refractivity contribution in [2.75, 3.05) is 31.7 Å². The van der Waals surface area contributed by atoms with Crippen LogP contribution in [0.5, 0.6) is 0 Å². The highest BCUT2D eigenvalue weighted by Gasteiger charge is 2.22. The average Bonchev–Trinajstić information content (AvgIpc) is 2.46. The number of hydrogen-bond acceptors (Lipinski definition) is 6. The Morgan fingerprint density at radius 2 is 2.11 bits per heavy atom. The van der Waals surface area contributed by atoms with E-state index in [9.17, 15) is 14.9 Å². The number of rotatable bonds is 3. The molecule has 1 aliphatic rings. The van der Waals surface area contributed by atoms with Crippen molar-refractivity contribution < 1.29 is 14.5 Å². The molecule has 8 nitrogen and oxygen atoms in total. The number of nitrogens with zero attached hydrogens (tertiary/aromatic N) is 2. The van der Waals surface area contributed by atoms with E-state index in [0.29, 0.717) is 26.3 Å². The summed E-state index contributed by atoms with van der Waals surface area (Å²) in [6.07, 6.45) is 0. The number of nitro groups is 1. The van der Waals surface area contributed by atoms with Crippen molar-refractivity contribution in [2.24, 2.45) is 5.84 Å². The van der Waals surface area contributed by atoms with E-state index in [2.05, 4.69) is 5.43 Å². The summed E-state index contributed by atoms with van der Waals surface area (Å²) in [7, 11) is 0. The summed E-state index contributed by atoms with van der Waals surface area (Å²) in [5, 5.41) is 10.9. The van der Waals surface area contributed by atoms with Crippen LogP contribution < -0.4 is 11.3 Å². The van der Waals surface area contributed by atoms with E-state index >= 15 is 0 Å². The van der Waals surface area contributed by atoms with Crippen LogP contribution in [-0.4, -0.2) is 42.0 Å². The Labute approximate surface area is 109 Å². The molecule has 3 N–H and O–H groups in total. The summed E-state index contributed by atoms with van der Waals surface area (Å²) in [6.45, 7) is 1.94. The van der Waals surface area contributed by atoms with Gasteiger partial charge < -0.3 is 15.1 Å². The molecule has 0 aromatic heterocycles. The van der Waals surface area contributed by atoms with Crippen molar-refractivity contribution in [1.29, 1.82) is 0 Å². The number of anilines is 1. The van der Waals surface area contributed by atoms with E-state index in [-0.39, 0.29) is 22.8 Å². The lowest BCUT2D eigenvalue weighted by atomic mass is 10.1. The Morgan fingerprint density at radius 3 is 2.68 bits per heavy atom. The van der Waals surface area contributed by atoms with Gasteiger partial charge in [0.25, 0.3) is 11.6 Å². The van der Waals surface area contributed by atoms with Crippen molar-refractivity contribution in [3.05, 3.63) is 33.9 Å². The van der Waals surface area contributed by atoms with Crippen molar-refractivity contribution >= 4 is 17.3 Å². The molecule has 0 atom stereocenters. The summed E-state index contributed by atoms with van der Waals surface area (Å²) < 4.78 is 5.16. The topological polar surface area (TPSA) is 111 Å². The molecule has 1 aromatic rings. The Kier molecular flexibility index (Phi) is 3.93. The Morgan fingerprint density at radius 1 is 1.42 bits per heavy atom. The number of nitrogen functional groups attached to an aromatic ring is 1. The highest BCUT2D eigenvalue weighted by Crippen LogP contribution is 2.25. The smallest absolute Gasteiger partial charge is 0.294 e. The van der Waals surface area contributed by atoms with E-state index in [1.54, 1.807) is 4.90 Å². The summed E-state index contributed by atoms with van der Waals surface area (Å²) >= 11 is 0. The number of morpholine rings is 1. The second kappa shape index (κ2) is 5.63. The van der Waals surface area contributed by atoms with Crippen molar-refractivity contribution in [2.45, 2.75) is 0 Å². The molecule has 0 spiro atoms. The molecule has 0 saturated carbocycles. The molecule has 1 fully saturated rings. The third-order valence-corrected chi connectivity index (χ3v) is 2.90. The van der Waals surface area contributed by atoms with E-state index in [1.807, 2.05) is 0 Å². The second-order valence-corrected chi connectivity index (χ2v) is 4.04. The number of nitrogens with two attached hydrogens (primary N) is 1. The summed E-state index contributed by atoms with van der Waals surface area (Å²) in [5.74, 6) is 4.95. The molecule has 0 unspecified atom stereocenters. The standard InChI is InChI=1S/C11H14N4O4/c12-13-9-2-1-8(7-10(9)15(17)18)11(16)14-3-5-19-6-4-14/h1-2,7,13H,3-6,12H2. The van der Waals surface area contributed by atoms with Crippen LogP contribution in [0.1, 0.15) is 10.4 Å². The van der Waals surface area contributed by atoms with Crippen LogP contribution in [0.15, 0.2) is 18.2 Å². The second-order valence-electron chi connectivity index (χ2n) is 4.04. The quantitative estimate of drug-likeness (QED) is 0.464. The number of hydrogen-bond donors (Lipinski definition) is 2. The minimum absolute atomic E-state index is 0.170. The molecule has 1 saturated heterocycles. The molecule has 102 valence electrons. The first kappa shape index (κ1) is 13.2. The lowest BCUT2D eigenvalue weighted by Crippen LogP contribution is -2.40. The van der Waals surface area contributed by atoms with Crippen molar-refractivity contribution in [3.8, 4) is 0 Å². The monoisotopic (exact) mass is 266 g/mol. The van der Waals surface area contributed by atoms with Crippen LogP contribution in [0.4, 0.5) is 11.4 Å². The number of carbonyl (C=O) groups excluding carboxylic acids is 1. The third kappa shape index (κ3) is 2.80. The predicted octanol–water partition coefficient (Wildman–Crippen LogP) is 0.353. The van der Waals surface area contributed by atoms with Gasteiger partial charge in [-0.15, -0.1) is 0 Å². The van der Waals surface area contributed by atoms with Crippen molar-refractivity contribution in [3.63, 3.8) is 0 Å². The molecule has 1 aliphatic heterocycles. The van der Waals surface area contributed by atoms with Crippen LogP contribution >= 0.6 is 0 Å². The molecule has 1 heterocycles. The summed E-state index contributed by atoms with van der Waals surface area (Å²) in [6, 6.07) is 4.17. The van der Waals surface area contributed by atoms with E-state index in [1.165, 1.54) is 18.2 Å². The number of nitrogens with one attached hydrogen (secondary N) is 1. The van der Waals surface area contributed by atoms with E-state index in [4.69, 9.17) is 10.6 Å². The maximum Gasteiger partial charge on any atom is 0.294 e. The van der Waals surface area contributed by atoms with Gasteiger partial charge in [0.1, 0.15) is 5.69 Å². The SMILES string of the molecule is NNc1ccc(C(=O)N2CCOCC2)cc1[N+](=O)[O-]. The van der Waals surface area contributed by atoms with Gasteiger partial charge in [0.2, 0.25) is 0 Å². The third-order valence-electron chi connectivity index (χ3n) is 2.90. The summed E-state index contributed by atoms with van der Waals surface area (Å²) in [5.41, 5.74) is 2.46. The maximum absolute atomic E-state index is 12.2. The highest BCUT2D eigenvalue weighted by atomic mass is 16.6. The van der Waals surface area contributed by atoms with Crippen LogP contribution in [-0.2, 0) is 4.74 Å². The minimum Gasteiger partial charge on any atom is -0.378 e. The number of carbonyl (C=O) groups is 1. The molecule has 2 rings (SSSR count). The zero-order valence-corrected chi connectivity index (χ0v) is 10.2. The average molecular weight is 266 g/mol. The minimum atomic E-state index is -0.578. The largest absolute Gasteiger partial charge is 0.378 e. The van der Waals surface area contributed by atoms with Gasteiger partial charge in [-0.2, -0.15) is 0 Å². The molecule has 8 heteroatoms. The van der Waals surface area contributed by atoms with E-state index < -0.39 is 4.92 Å². The molecule has 19 heavy (non-hydrogen) atoms. The molecular formula is C11H14N4O4. The molecule has 0 bridgehead atoms. The van der Waals surface area contributed by atoms with Gasteiger partial charge in [-0.1, -0.05) is 0 Å². The molecule has 0 aliphatic carbocycles. The molecule has 1 amide bonds. The molecule has 0 radical (unpaired) electrons. The van der Waals surface area contributed by atoms with E-state index in [0.717, 1.165) is 0 Å². The first-order valence-electron chi connectivity index (χ1n) is 5.75. The number of amides is 1. The highest BCUT2D eigenvalue weighted by molar-refractivity contribution is 5.95. The molecule has 1 aromatic carbocycles. The first-order chi connectivity index (χ1) is 9.13. The fraction of sp³-hybridized carbons (Fsp3) is 0.364. The van der Waals surface area contributed by atoms with Crippen LogP contribution in [0.3, 0.4) is 0 Å². The zero-order valence-electron chi connectivity index (χ0n) is 10.2. The van der Waals surface area contributed by atoms with Gasteiger partial charge in [0.15, 0.2) is 0 Å². The Bertz CT molecular complexity index is 499. The first-order valence-corrected chi connectivity index (χ1v) is 5.75. The van der Waals surface area contributed by atoms with Gasteiger partial charge >= 0.3 is 0 Å². The van der Waals surface area contributed by atoms with Crippen LogP contribution in [0, 0.1) is 10.1 Å². The van der Waals surface area contributed by atoms with Gasteiger partial charge in [0.05, 0.1) is 18.1 Å². The molecular weight excluding hydrogens is 252 g/mol.